The Balaban J connectivity index is 3.04. The van der Waals surface area contributed by atoms with Crippen LogP contribution in [0.5, 0.6) is 0 Å². The zero-order valence-corrected chi connectivity index (χ0v) is 10.5. The quantitative estimate of drug-likeness (QED) is 0.890. The van der Waals surface area contributed by atoms with E-state index >= 15 is 0 Å². The van der Waals surface area contributed by atoms with Gasteiger partial charge in [0.1, 0.15) is 5.82 Å². The van der Waals surface area contributed by atoms with Crippen LogP contribution < -0.4 is 5.32 Å². The van der Waals surface area contributed by atoms with Gasteiger partial charge in [0.2, 0.25) is 0 Å². The van der Waals surface area contributed by atoms with Crippen LogP contribution in [0.1, 0.15) is 5.56 Å². The lowest BCUT2D eigenvalue weighted by atomic mass is 10.1. The lowest BCUT2D eigenvalue weighted by Crippen LogP contribution is -2.21. The molecule has 1 amide bonds. The monoisotopic (exact) mass is 323 g/mol. The molecule has 0 aromatic heterocycles. The fraction of sp³-hybridized carbons (Fsp3) is 0.182. The molecule has 0 bridgehead atoms. The molecule has 18 heavy (non-hydrogen) atoms. The van der Waals surface area contributed by atoms with Gasteiger partial charge in [0.25, 0.3) is 6.43 Å². The fourth-order valence-electron chi connectivity index (χ4n) is 1.28. The van der Waals surface area contributed by atoms with E-state index in [1.165, 1.54) is 12.1 Å². The number of nitrogens with one attached hydrogen (secondary N) is 1. The van der Waals surface area contributed by atoms with E-state index in [-0.39, 0.29) is 12.1 Å². The fourth-order valence-corrected chi connectivity index (χ4v) is 1.64. The highest BCUT2D eigenvalue weighted by atomic mass is 79.9. The molecule has 2 N–H and O–H groups in total. The van der Waals surface area contributed by atoms with E-state index in [0.717, 1.165) is 12.1 Å². The first-order valence-corrected chi connectivity index (χ1v) is 5.61. The Morgan fingerprint density at radius 2 is 2.17 bits per heavy atom. The number of hydrogen-bond donors (Lipinski definition) is 2. The molecule has 98 valence electrons. The predicted molar refractivity (Wildman–Crippen MR) is 64.1 cm³/mol. The molecule has 7 heteroatoms. The Bertz CT molecular complexity index is 477. The molecular formula is C11H9BrF3NO2. The second kappa shape index (κ2) is 6.44. The Hall–Kier alpha value is -1.50. The Labute approximate surface area is 109 Å². The van der Waals surface area contributed by atoms with Crippen molar-refractivity contribution in [3.05, 3.63) is 40.1 Å². The first kappa shape index (κ1) is 14.6. The molecule has 1 aromatic carbocycles. The Morgan fingerprint density at radius 1 is 1.50 bits per heavy atom. The van der Waals surface area contributed by atoms with Crippen LogP contribution in [0.3, 0.4) is 0 Å². The number of rotatable bonds is 4. The second-order valence-electron chi connectivity index (χ2n) is 3.27. The van der Waals surface area contributed by atoms with Crippen LogP contribution in [-0.2, 0) is 0 Å². The normalized spacial score (nSPS) is 11.7. The van der Waals surface area contributed by atoms with Crippen molar-refractivity contribution in [2.45, 2.75) is 6.43 Å². The van der Waals surface area contributed by atoms with Crippen molar-refractivity contribution in [1.82, 2.24) is 5.32 Å². The highest BCUT2D eigenvalue weighted by Gasteiger charge is 2.17. The van der Waals surface area contributed by atoms with E-state index in [4.69, 9.17) is 5.11 Å². The average Bonchev–Trinajstić information content (AvgIpc) is 2.27. The van der Waals surface area contributed by atoms with Crippen molar-refractivity contribution in [3.8, 4) is 0 Å². The predicted octanol–water partition coefficient (Wildman–Crippen LogP) is 3.50. The van der Waals surface area contributed by atoms with E-state index in [2.05, 4.69) is 15.9 Å². The summed E-state index contributed by atoms with van der Waals surface area (Å²) < 4.78 is 39.5. The smallest absolute Gasteiger partial charge is 0.404 e. The number of halogens is 4. The van der Waals surface area contributed by atoms with Gasteiger partial charge < -0.3 is 10.4 Å². The van der Waals surface area contributed by atoms with Gasteiger partial charge in [-0.1, -0.05) is 22.0 Å². The van der Waals surface area contributed by atoms with E-state index in [1.807, 2.05) is 5.32 Å². The number of allylic oxidation sites excluding steroid dienone is 1. The molecule has 1 aromatic rings. The summed E-state index contributed by atoms with van der Waals surface area (Å²) >= 11 is 3.06. The van der Waals surface area contributed by atoms with Crippen molar-refractivity contribution in [1.29, 1.82) is 0 Å². The third-order valence-electron chi connectivity index (χ3n) is 2.05. The summed E-state index contributed by atoms with van der Waals surface area (Å²) in [5, 5.41) is 10.2. The number of alkyl halides is 2. The van der Waals surface area contributed by atoms with Crippen LogP contribution in [0.2, 0.25) is 0 Å². The van der Waals surface area contributed by atoms with E-state index in [1.54, 1.807) is 0 Å². The number of hydrogen-bond acceptors (Lipinski definition) is 1. The molecule has 0 radical (unpaired) electrons. The van der Waals surface area contributed by atoms with Crippen molar-refractivity contribution >= 4 is 27.6 Å². The largest absolute Gasteiger partial charge is 0.465 e. The maximum Gasteiger partial charge on any atom is 0.404 e. The summed E-state index contributed by atoms with van der Waals surface area (Å²) in [6.45, 7) is -0.318. The number of carboxylic acid groups (broad SMARTS) is 1. The van der Waals surface area contributed by atoms with Crippen molar-refractivity contribution in [3.63, 3.8) is 0 Å². The van der Waals surface area contributed by atoms with Crippen molar-refractivity contribution in [2.24, 2.45) is 0 Å². The van der Waals surface area contributed by atoms with Gasteiger partial charge in [0.05, 0.1) is 0 Å². The maximum absolute atomic E-state index is 13.4. The van der Waals surface area contributed by atoms with Gasteiger partial charge in [0.15, 0.2) is 0 Å². The van der Waals surface area contributed by atoms with Crippen LogP contribution in [0.25, 0.3) is 5.57 Å². The molecule has 0 aliphatic heterocycles. The highest BCUT2D eigenvalue weighted by molar-refractivity contribution is 9.10. The number of amides is 1. The number of carbonyl (C=O) groups is 1. The molecule has 0 saturated heterocycles. The van der Waals surface area contributed by atoms with Crippen LogP contribution in [-0.4, -0.2) is 24.2 Å². The topological polar surface area (TPSA) is 49.3 Å². The van der Waals surface area contributed by atoms with Crippen molar-refractivity contribution < 1.29 is 23.1 Å². The van der Waals surface area contributed by atoms with Gasteiger partial charge in [-0.05, 0) is 18.2 Å². The summed E-state index contributed by atoms with van der Waals surface area (Å²) in [7, 11) is 0. The average molecular weight is 324 g/mol. The van der Waals surface area contributed by atoms with Crippen LogP contribution in [0.4, 0.5) is 18.0 Å². The van der Waals surface area contributed by atoms with Gasteiger partial charge in [-0.3, -0.25) is 0 Å². The van der Waals surface area contributed by atoms with E-state index < -0.39 is 23.9 Å². The summed E-state index contributed by atoms with van der Waals surface area (Å²) in [6, 6.07) is 3.66. The van der Waals surface area contributed by atoms with Gasteiger partial charge >= 0.3 is 6.09 Å². The molecule has 0 saturated carbocycles. The third-order valence-corrected chi connectivity index (χ3v) is 2.54. The van der Waals surface area contributed by atoms with Gasteiger partial charge in [-0.2, -0.15) is 0 Å². The number of benzene rings is 1. The Kier molecular flexibility index (Phi) is 5.21. The van der Waals surface area contributed by atoms with Gasteiger partial charge in [-0.15, -0.1) is 0 Å². The molecule has 0 aliphatic rings. The first-order valence-electron chi connectivity index (χ1n) is 4.82. The van der Waals surface area contributed by atoms with Crippen LogP contribution in [0.15, 0.2) is 28.7 Å². The minimum absolute atomic E-state index is 0.258. The van der Waals surface area contributed by atoms with E-state index in [9.17, 15) is 18.0 Å². The van der Waals surface area contributed by atoms with Gasteiger partial charge in [-0.25, -0.2) is 18.0 Å². The summed E-state index contributed by atoms with van der Waals surface area (Å²) in [4.78, 5) is 10.2. The highest BCUT2D eigenvalue weighted by Crippen LogP contribution is 2.27. The maximum atomic E-state index is 13.4. The summed E-state index contributed by atoms with van der Waals surface area (Å²) in [5.41, 5.74) is -0.811. The molecule has 0 atom stereocenters. The Morgan fingerprint density at radius 3 is 2.72 bits per heavy atom. The van der Waals surface area contributed by atoms with Crippen molar-refractivity contribution in [2.75, 3.05) is 6.54 Å². The molecule has 0 spiro atoms. The van der Waals surface area contributed by atoms with Gasteiger partial charge in [0, 0.05) is 22.2 Å². The summed E-state index contributed by atoms with van der Waals surface area (Å²) in [6.07, 6.45) is -3.29. The molecule has 0 fully saturated rings. The molecular weight excluding hydrogens is 315 g/mol. The van der Waals surface area contributed by atoms with E-state index in [0.29, 0.717) is 4.47 Å². The minimum atomic E-state index is -2.90. The SMILES string of the molecule is O=C(O)NCC=C(c1cc(Br)ccc1F)C(F)F. The second-order valence-corrected chi connectivity index (χ2v) is 4.19. The lowest BCUT2D eigenvalue weighted by Gasteiger charge is -2.09. The molecule has 0 heterocycles. The molecule has 1 rings (SSSR count). The molecule has 0 aliphatic carbocycles. The zero-order chi connectivity index (χ0) is 13.7. The minimum Gasteiger partial charge on any atom is -0.465 e. The molecule has 0 unspecified atom stereocenters. The first-order chi connectivity index (χ1) is 8.41. The third kappa shape index (κ3) is 4.06. The van der Waals surface area contributed by atoms with Crippen LogP contribution >= 0.6 is 15.9 Å². The molecule has 3 nitrogen and oxygen atoms in total. The zero-order valence-electron chi connectivity index (χ0n) is 8.96. The standard InChI is InChI=1S/C11H9BrF3NO2/c12-6-1-2-9(13)8(5-6)7(10(14)15)3-4-16-11(17)18/h1-3,5,10,16H,4H2,(H,17,18). The lowest BCUT2D eigenvalue weighted by molar-refractivity contribution is 0.195. The summed E-state index contributed by atoms with van der Waals surface area (Å²) in [5.74, 6) is -0.792. The van der Waals surface area contributed by atoms with Crippen LogP contribution in [0, 0.1) is 5.82 Å².